The summed E-state index contributed by atoms with van der Waals surface area (Å²) in [4.78, 5) is 7.70. The van der Waals surface area contributed by atoms with Crippen molar-refractivity contribution in [3.63, 3.8) is 0 Å². The summed E-state index contributed by atoms with van der Waals surface area (Å²) in [6, 6.07) is 76.7. The van der Waals surface area contributed by atoms with Crippen LogP contribution in [-0.2, 0) is 16.2 Å². The highest BCUT2D eigenvalue weighted by Crippen LogP contribution is 2.53. The molecule has 0 spiro atoms. The van der Waals surface area contributed by atoms with Gasteiger partial charge in [-0.1, -0.05) is 177 Å². The number of rotatable bonds is 7. The first kappa shape index (κ1) is 51.1. The Kier molecular flexibility index (Phi) is 11.9. The van der Waals surface area contributed by atoms with Gasteiger partial charge in [0.2, 0.25) is 0 Å². The standard InChI is InChI=1S/C76H72BN3/c1-47-38-69-73-70(39-47)80(57-33-35-64-62(45-57)61-26-20-21-27-63(61)76(64,12)13)67-37-30-55(75(9,10)11)44-66(67)77(73)65-36-34-58(46-68(65)79(69)56-31-28-54(29-32-56)74(6,7)8)78(59-40-48(2)71(49(3)41-59)52-22-16-14-17-23-52)60-42-50(4)72(51(5)43-60)53-24-18-15-19-25-53/h14-46H,1-13H3. The normalized spacial score (nSPS) is 13.8. The van der Waals surface area contributed by atoms with E-state index in [2.05, 4.69) is 305 Å². The van der Waals surface area contributed by atoms with Crippen LogP contribution in [0.25, 0.3) is 33.4 Å². The summed E-state index contributed by atoms with van der Waals surface area (Å²) in [5.74, 6) is 0. The van der Waals surface area contributed by atoms with Crippen LogP contribution in [0.1, 0.15) is 105 Å². The van der Waals surface area contributed by atoms with Crippen molar-refractivity contribution >= 4 is 74.3 Å². The maximum absolute atomic E-state index is 2.59. The number of nitrogens with zero attached hydrogens (tertiary/aromatic N) is 3. The number of benzene rings is 10. The van der Waals surface area contributed by atoms with Crippen molar-refractivity contribution in [1.82, 2.24) is 0 Å². The summed E-state index contributed by atoms with van der Waals surface area (Å²) in [7, 11) is 0. The Balaban J connectivity index is 1.07. The summed E-state index contributed by atoms with van der Waals surface area (Å²) >= 11 is 0. The first-order chi connectivity index (χ1) is 38.3. The van der Waals surface area contributed by atoms with E-state index in [0.717, 1.165) is 22.7 Å². The lowest BCUT2D eigenvalue weighted by atomic mass is 9.33. The average Bonchev–Trinajstić information content (AvgIpc) is 1.80. The Hall–Kier alpha value is -8.34. The van der Waals surface area contributed by atoms with Crippen LogP contribution in [0.15, 0.2) is 200 Å². The zero-order valence-corrected chi connectivity index (χ0v) is 49.0. The smallest absolute Gasteiger partial charge is 0.252 e. The van der Waals surface area contributed by atoms with Crippen LogP contribution in [0, 0.1) is 34.6 Å². The maximum Gasteiger partial charge on any atom is 0.252 e. The van der Waals surface area contributed by atoms with Gasteiger partial charge in [0, 0.05) is 56.6 Å². The molecule has 10 aromatic carbocycles. The van der Waals surface area contributed by atoms with Gasteiger partial charge < -0.3 is 14.7 Å². The number of hydrogen-bond acceptors (Lipinski definition) is 3. The monoisotopic (exact) mass is 1040 g/mol. The molecule has 0 atom stereocenters. The van der Waals surface area contributed by atoms with Gasteiger partial charge in [0.15, 0.2) is 0 Å². The third-order valence-corrected chi connectivity index (χ3v) is 17.8. The molecule has 1 aliphatic carbocycles. The minimum Gasteiger partial charge on any atom is -0.311 e. The molecule has 10 aromatic rings. The lowest BCUT2D eigenvalue weighted by molar-refractivity contribution is 0.590. The lowest BCUT2D eigenvalue weighted by Gasteiger charge is -2.45. The molecule has 0 N–H and O–H groups in total. The second-order valence-corrected chi connectivity index (χ2v) is 25.8. The maximum atomic E-state index is 2.59. The molecule has 0 radical (unpaired) electrons. The SMILES string of the molecule is Cc1cc2c3c(c1)N(c1ccc(C(C)(C)C)cc1)c1cc(N(c4cc(C)c(-c5ccccc5)c(C)c4)c4cc(C)c(-c5ccccc5)c(C)c4)ccc1B3c1cc(C(C)(C)C)ccc1N2c1ccc2c(c1)-c1ccccc1C2(C)C. The quantitative estimate of drug-likeness (QED) is 0.147. The fourth-order valence-electron chi connectivity index (χ4n) is 13.9. The Morgan fingerprint density at radius 1 is 0.388 bits per heavy atom. The molecular formula is C76H72BN3. The predicted octanol–water partition coefficient (Wildman–Crippen LogP) is 19.0. The summed E-state index contributed by atoms with van der Waals surface area (Å²) in [6.07, 6.45) is 0. The molecule has 0 unspecified atom stereocenters. The van der Waals surface area contributed by atoms with Crippen molar-refractivity contribution in [1.29, 1.82) is 0 Å². The van der Waals surface area contributed by atoms with Crippen molar-refractivity contribution in [2.24, 2.45) is 0 Å². The fourth-order valence-corrected chi connectivity index (χ4v) is 13.9. The van der Waals surface area contributed by atoms with Crippen molar-refractivity contribution in [2.75, 3.05) is 14.7 Å². The fraction of sp³-hybridized carbons (Fsp3) is 0.211. The van der Waals surface area contributed by atoms with Gasteiger partial charge in [0.25, 0.3) is 6.71 Å². The van der Waals surface area contributed by atoms with Gasteiger partial charge in [-0.05, 0) is 224 Å². The van der Waals surface area contributed by atoms with E-state index in [-0.39, 0.29) is 23.0 Å². The number of fused-ring (bicyclic) bond motifs is 7. The summed E-state index contributed by atoms with van der Waals surface area (Å²) in [5.41, 5.74) is 33.7. The minimum atomic E-state index is -0.0901. The average molecular weight is 1040 g/mol. The Morgan fingerprint density at radius 3 is 1.45 bits per heavy atom. The number of anilines is 9. The van der Waals surface area contributed by atoms with Crippen LogP contribution < -0.4 is 31.1 Å². The molecule has 2 aliphatic heterocycles. The van der Waals surface area contributed by atoms with Crippen LogP contribution in [0.5, 0.6) is 0 Å². The van der Waals surface area contributed by atoms with Crippen molar-refractivity contribution in [3.8, 4) is 33.4 Å². The molecule has 0 bridgehead atoms. The van der Waals surface area contributed by atoms with Gasteiger partial charge in [-0.25, -0.2) is 0 Å². The molecule has 4 heteroatoms. The van der Waals surface area contributed by atoms with Gasteiger partial charge in [-0.3, -0.25) is 0 Å². The molecule has 0 aromatic heterocycles. The van der Waals surface area contributed by atoms with Gasteiger partial charge in [0.1, 0.15) is 0 Å². The second kappa shape index (κ2) is 18.6. The van der Waals surface area contributed by atoms with Crippen LogP contribution in [0.3, 0.4) is 0 Å². The largest absolute Gasteiger partial charge is 0.311 e. The molecule has 0 saturated carbocycles. The molecule has 0 amide bonds. The van der Waals surface area contributed by atoms with E-state index in [9.17, 15) is 0 Å². The van der Waals surface area contributed by atoms with Crippen LogP contribution in [0.4, 0.5) is 51.2 Å². The number of aryl methyl sites for hydroxylation is 5. The molecule has 2 heterocycles. The topological polar surface area (TPSA) is 9.72 Å². The highest BCUT2D eigenvalue weighted by atomic mass is 15.2. The first-order valence-electron chi connectivity index (χ1n) is 28.8. The zero-order valence-electron chi connectivity index (χ0n) is 49.0. The highest BCUT2D eigenvalue weighted by Gasteiger charge is 2.45. The minimum absolute atomic E-state index is 0.00118. The summed E-state index contributed by atoms with van der Waals surface area (Å²) < 4.78 is 0. The van der Waals surface area contributed by atoms with E-state index in [1.807, 2.05) is 0 Å². The highest BCUT2D eigenvalue weighted by molar-refractivity contribution is 7.00. The number of hydrogen-bond donors (Lipinski definition) is 0. The Labute approximate surface area is 476 Å². The van der Waals surface area contributed by atoms with E-state index < -0.39 is 0 Å². The van der Waals surface area contributed by atoms with Gasteiger partial charge in [-0.2, -0.15) is 0 Å². The molecule has 0 saturated heterocycles. The zero-order chi connectivity index (χ0) is 55.7. The van der Waals surface area contributed by atoms with Crippen molar-refractivity contribution in [2.45, 2.75) is 106 Å². The molecule has 3 nitrogen and oxygen atoms in total. The van der Waals surface area contributed by atoms with Crippen molar-refractivity contribution < 1.29 is 0 Å². The van der Waals surface area contributed by atoms with Crippen LogP contribution in [0.2, 0.25) is 0 Å². The van der Waals surface area contributed by atoms with E-state index >= 15 is 0 Å². The van der Waals surface area contributed by atoms with E-state index in [1.165, 1.54) is 128 Å². The van der Waals surface area contributed by atoms with E-state index in [4.69, 9.17) is 0 Å². The molecule has 13 rings (SSSR count). The molecule has 80 heavy (non-hydrogen) atoms. The van der Waals surface area contributed by atoms with E-state index in [1.54, 1.807) is 0 Å². The third-order valence-electron chi connectivity index (χ3n) is 17.8. The molecule has 0 fully saturated rings. The Bertz CT molecular complexity index is 3980. The molecular weight excluding hydrogens is 966 g/mol. The molecule has 394 valence electrons. The second-order valence-electron chi connectivity index (χ2n) is 25.8. The van der Waals surface area contributed by atoms with E-state index in [0.29, 0.717) is 0 Å². The summed E-state index contributed by atoms with van der Waals surface area (Å²) in [5, 5.41) is 0. The van der Waals surface area contributed by atoms with Crippen LogP contribution in [-0.4, -0.2) is 6.71 Å². The van der Waals surface area contributed by atoms with Gasteiger partial charge in [0.05, 0.1) is 0 Å². The van der Waals surface area contributed by atoms with Gasteiger partial charge >= 0.3 is 0 Å². The molecule has 3 aliphatic rings. The Morgan fingerprint density at radius 2 is 0.887 bits per heavy atom. The first-order valence-corrected chi connectivity index (χ1v) is 28.8. The lowest BCUT2D eigenvalue weighted by Crippen LogP contribution is -2.61. The van der Waals surface area contributed by atoms with Crippen molar-refractivity contribution in [3.05, 3.63) is 250 Å². The third kappa shape index (κ3) is 8.24. The van der Waals surface area contributed by atoms with Gasteiger partial charge in [-0.15, -0.1) is 0 Å². The summed E-state index contributed by atoms with van der Waals surface area (Å²) in [6.45, 7) is 30.1. The van der Waals surface area contributed by atoms with Crippen LogP contribution >= 0.6 is 0 Å². The predicted molar refractivity (Wildman–Crippen MR) is 345 cm³/mol.